The molecule has 126 valence electrons. The van der Waals surface area contributed by atoms with E-state index >= 15 is 0 Å². The highest BCUT2D eigenvalue weighted by Crippen LogP contribution is 2.45. The molecule has 2 aromatic rings. The predicted molar refractivity (Wildman–Crippen MR) is 93.6 cm³/mol. The Bertz CT molecular complexity index is 653. The summed E-state index contributed by atoms with van der Waals surface area (Å²) in [5, 5.41) is 0. The van der Waals surface area contributed by atoms with Crippen LogP contribution in [-0.4, -0.2) is 25.4 Å². The van der Waals surface area contributed by atoms with Gasteiger partial charge in [0.05, 0.1) is 6.04 Å². The maximum Gasteiger partial charge on any atom is 0.238 e. The van der Waals surface area contributed by atoms with Gasteiger partial charge in [0, 0.05) is 18.9 Å². The number of hydrogen-bond acceptors (Lipinski definition) is 3. The molecule has 2 atom stereocenters. The lowest BCUT2D eigenvalue weighted by atomic mass is 9.81. The van der Waals surface area contributed by atoms with Crippen molar-refractivity contribution >= 4 is 11.6 Å². The minimum absolute atomic E-state index is 0.0435. The van der Waals surface area contributed by atoms with Gasteiger partial charge in [0.15, 0.2) is 6.29 Å². The zero-order valence-electron chi connectivity index (χ0n) is 14.1. The number of benzene rings is 2. The van der Waals surface area contributed by atoms with Crippen molar-refractivity contribution in [1.82, 2.24) is 0 Å². The van der Waals surface area contributed by atoms with Gasteiger partial charge in [-0.1, -0.05) is 48.5 Å². The molecule has 3 rings (SSSR count). The molecule has 2 aromatic carbocycles. The Morgan fingerprint density at radius 1 is 0.917 bits per heavy atom. The maximum atomic E-state index is 12.9. The molecule has 0 saturated carbocycles. The zero-order chi connectivity index (χ0) is 16.9. The molecule has 1 fully saturated rings. The molecule has 0 aliphatic carbocycles. The van der Waals surface area contributed by atoms with Gasteiger partial charge in [-0.05, 0) is 31.5 Å². The number of nitrogens with zero attached hydrogens (tertiary/aromatic N) is 1. The van der Waals surface area contributed by atoms with Gasteiger partial charge in [-0.3, -0.25) is 4.79 Å². The van der Waals surface area contributed by atoms with E-state index in [1.807, 2.05) is 67.3 Å². The lowest BCUT2D eigenvalue weighted by Gasteiger charge is -2.49. The monoisotopic (exact) mass is 325 g/mol. The molecular formula is C20H23NO3. The Kier molecular flexibility index (Phi) is 5.28. The molecule has 24 heavy (non-hydrogen) atoms. The lowest BCUT2D eigenvalue weighted by molar-refractivity contribution is -0.189. The number of β-lactam (4-membered cyclic amide) rings is 1. The first-order valence-corrected chi connectivity index (χ1v) is 8.44. The number of amides is 1. The fourth-order valence-corrected chi connectivity index (χ4v) is 3.24. The third kappa shape index (κ3) is 3.07. The molecule has 0 radical (unpaired) electrons. The van der Waals surface area contributed by atoms with E-state index < -0.39 is 6.29 Å². The summed E-state index contributed by atoms with van der Waals surface area (Å²) in [5.41, 5.74) is 2.00. The van der Waals surface area contributed by atoms with Crippen LogP contribution in [0.15, 0.2) is 60.7 Å². The Morgan fingerprint density at radius 2 is 1.46 bits per heavy atom. The fraction of sp³-hybridized carbons (Fsp3) is 0.350. The van der Waals surface area contributed by atoms with E-state index in [1.54, 1.807) is 0 Å². The van der Waals surface area contributed by atoms with Crippen molar-refractivity contribution < 1.29 is 14.3 Å². The number of carbonyl (C=O) groups is 1. The summed E-state index contributed by atoms with van der Waals surface area (Å²) in [7, 11) is 0. The summed E-state index contributed by atoms with van der Waals surface area (Å²) in [6, 6.07) is 19.7. The van der Waals surface area contributed by atoms with E-state index in [0.29, 0.717) is 13.2 Å². The van der Waals surface area contributed by atoms with Crippen molar-refractivity contribution in [3.05, 3.63) is 66.2 Å². The van der Waals surface area contributed by atoms with Crippen molar-refractivity contribution in [1.29, 1.82) is 0 Å². The van der Waals surface area contributed by atoms with Crippen LogP contribution in [0, 0.1) is 5.92 Å². The predicted octanol–water partition coefficient (Wildman–Crippen LogP) is 3.79. The van der Waals surface area contributed by atoms with E-state index in [0.717, 1.165) is 11.3 Å². The van der Waals surface area contributed by atoms with Crippen LogP contribution in [0.5, 0.6) is 0 Å². The van der Waals surface area contributed by atoms with Crippen molar-refractivity contribution in [2.24, 2.45) is 5.92 Å². The molecule has 0 aromatic heterocycles. The standard InChI is InChI=1S/C20H23NO3/c1-3-23-20(24-4-2)17-18(15-11-7-5-8-12-15)21(19(17)22)16-13-9-6-10-14-16/h5-14,17-18,20H,3-4H2,1-2H3/t17-,18-/m0/s1. The minimum Gasteiger partial charge on any atom is -0.352 e. The van der Waals surface area contributed by atoms with Gasteiger partial charge in [0.2, 0.25) is 5.91 Å². The Balaban J connectivity index is 1.95. The van der Waals surface area contributed by atoms with E-state index in [9.17, 15) is 4.79 Å². The van der Waals surface area contributed by atoms with Gasteiger partial charge in [-0.2, -0.15) is 0 Å². The second-order valence-electron chi connectivity index (χ2n) is 5.70. The van der Waals surface area contributed by atoms with Crippen LogP contribution in [0.4, 0.5) is 5.69 Å². The third-order valence-electron chi connectivity index (χ3n) is 4.27. The van der Waals surface area contributed by atoms with Crippen LogP contribution in [0.2, 0.25) is 0 Å². The summed E-state index contributed by atoms with van der Waals surface area (Å²) in [4.78, 5) is 14.7. The molecule has 1 amide bonds. The molecule has 1 aliphatic heterocycles. The Hall–Kier alpha value is -2.17. The largest absolute Gasteiger partial charge is 0.352 e. The number of carbonyl (C=O) groups excluding carboxylic acids is 1. The summed E-state index contributed by atoms with van der Waals surface area (Å²) < 4.78 is 11.4. The van der Waals surface area contributed by atoms with Crippen molar-refractivity contribution in [2.75, 3.05) is 18.1 Å². The first kappa shape index (κ1) is 16.7. The third-order valence-corrected chi connectivity index (χ3v) is 4.27. The molecule has 4 heteroatoms. The molecule has 4 nitrogen and oxygen atoms in total. The highest BCUT2D eigenvalue weighted by Gasteiger charge is 2.53. The van der Waals surface area contributed by atoms with E-state index in [1.165, 1.54) is 0 Å². The Labute approximate surface area is 143 Å². The molecular weight excluding hydrogens is 302 g/mol. The van der Waals surface area contributed by atoms with Gasteiger partial charge in [0.1, 0.15) is 5.92 Å². The van der Waals surface area contributed by atoms with Crippen LogP contribution in [-0.2, 0) is 14.3 Å². The molecule has 1 heterocycles. The lowest BCUT2D eigenvalue weighted by Crippen LogP contribution is -2.60. The van der Waals surface area contributed by atoms with Crippen LogP contribution < -0.4 is 4.90 Å². The topological polar surface area (TPSA) is 38.8 Å². The van der Waals surface area contributed by atoms with Crippen molar-refractivity contribution in [3.8, 4) is 0 Å². The number of hydrogen-bond donors (Lipinski definition) is 0. The van der Waals surface area contributed by atoms with Gasteiger partial charge in [0.25, 0.3) is 0 Å². The van der Waals surface area contributed by atoms with E-state index in [2.05, 4.69) is 12.1 Å². The molecule has 0 bridgehead atoms. The average molecular weight is 325 g/mol. The SMILES string of the molecule is CCOC(OCC)[C@@H]1C(=O)N(c2ccccc2)[C@H]1c1ccccc1. The smallest absolute Gasteiger partial charge is 0.238 e. The first-order valence-electron chi connectivity index (χ1n) is 8.44. The van der Waals surface area contributed by atoms with Crippen LogP contribution in [0.25, 0.3) is 0 Å². The Morgan fingerprint density at radius 3 is 2.00 bits per heavy atom. The van der Waals surface area contributed by atoms with Crippen LogP contribution in [0.3, 0.4) is 0 Å². The number of para-hydroxylation sites is 1. The van der Waals surface area contributed by atoms with Gasteiger partial charge >= 0.3 is 0 Å². The quantitative estimate of drug-likeness (QED) is 0.574. The van der Waals surface area contributed by atoms with Gasteiger partial charge < -0.3 is 14.4 Å². The van der Waals surface area contributed by atoms with E-state index in [-0.39, 0.29) is 17.9 Å². The average Bonchev–Trinajstić information content (AvgIpc) is 2.61. The second kappa shape index (κ2) is 7.60. The molecule has 1 saturated heterocycles. The van der Waals surface area contributed by atoms with Crippen LogP contribution >= 0.6 is 0 Å². The summed E-state index contributed by atoms with van der Waals surface area (Å²) in [5.74, 6) is -0.283. The normalized spacial score (nSPS) is 20.3. The first-order chi connectivity index (χ1) is 11.8. The van der Waals surface area contributed by atoms with Crippen LogP contribution in [0.1, 0.15) is 25.5 Å². The fourth-order valence-electron chi connectivity index (χ4n) is 3.24. The van der Waals surface area contributed by atoms with Gasteiger partial charge in [-0.25, -0.2) is 0 Å². The minimum atomic E-state index is -0.516. The van der Waals surface area contributed by atoms with Crippen molar-refractivity contribution in [3.63, 3.8) is 0 Å². The summed E-state index contributed by atoms with van der Waals surface area (Å²) in [6.07, 6.45) is -0.516. The highest BCUT2D eigenvalue weighted by atomic mass is 16.7. The van der Waals surface area contributed by atoms with Crippen molar-refractivity contribution in [2.45, 2.75) is 26.2 Å². The maximum absolute atomic E-state index is 12.9. The molecule has 0 N–H and O–H groups in total. The molecule has 0 unspecified atom stereocenters. The van der Waals surface area contributed by atoms with E-state index in [4.69, 9.17) is 9.47 Å². The molecule has 1 aliphatic rings. The zero-order valence-corrected chi connectivity index (χ0v) is 14.1. The summed E-state index contributed by atoms with van der Waals surface area (Å²) in [6.45, 7) is 4.87. The second-order valence-corrected chi connectivity index (χ2v) is 5.70. The molecule has 0 spiro atoms. The summed E-state index contributed by atoms with van der Waals surface area (Å²) >= 11 is 0. The number of ether oxygens (including phenoxy) is 2. The highest BCUT2D eigenvalue weighted by molar-refractivity contribution is 6.03. The van der Waals surface area contributed by atoms with Gasteiger partial charge in [-0.15, -0.1) is 0 Å². The number of anilines is 1. The number of rotatable bonds is 7.